The predicted molar refractivity (Wildman–Crippen MR) is 256 cm³/mol. The zero-order chi connectivity index (χ0) is 40.0. The number of nitrogen functional groups attached to an aromatic ring is 1. The maximum absolute atomic E-state index is 5.78. The van der Waals surface area contributed by atoms with E-state index in [4.69, 9.17) is 5.73 Å². The molecule has 0 aromatic heterocycles. The van der Waals surface area contributed by atoms with Crippen molar-refractivity contribution in [3.05, 3.63) is 222 Å². The van der Waals surface area contributed by atoms with Crippen LogP contribution in [0.1, 0.15) is 22.3 Å². The van der Waals surface area contributed by atoms with Gasteiger partial charge >= 0.3 is 0 Å². The molecule has 0 radical (unpaired) electrons. The first-order valence-electron chi connectivity index (χ1n) is 21.1. The van der Waals surface area contributed by atoms with Gasteiger partial charge in [-0.15, -0.1) is 0 Å². The molecule has 60 heavy (non-hydrogen) atoms. The third-order valence-electron chi connectivity index (χ3n) is 12.6. The molecular weight excluding hydrogens is 725 g/mol. The molecule has 0 amide bonds. The molecule has 0 unspecified atom stereocenters. The van der Waals surface area contributed by atoms with E-state index in [0.717, 1.165) is 17.1 Å². The largest absolute Gasteiger partial charge is 0.399 e. The zero-order valence-electron chi connectivity index (χ0n) is 33.5. The quantitative estimate of drug-likeness (QED) is 0.131. The predicted octanol–water partition coefficient (Wildman–Crippen LogP) is 15.0. The van der Waals surface area contributed by atoms with Gasteiger partial charge in [0.25, 0.3) is 0 Å². The number of nitrogens with one attached hydrogen (secondary N) is 1. The zero-order valence-corrected chi connectivity index (χ0v) is 33.5. The van der Waals surface area contributed by atoms with Gasteiger partial charge in [0.15, 0.2) is 0 Å². The number of fused-ring (bicyclic) bond motifs is 8. The molecular formula is C58H44N2. The molecule has 2 nitrogen and oxygen atoms in total. The second-order valence-corrected chi connectivity index (χ2v) is 16.3. The van der Waals surface area contributed by atoms with Crippen LogP contribution in [0.3, 0.4) is 0 Å². The lowest BCUT2D eigenvalue weighted by Gasteiger charge is -2.19. The monoisotopic (exact) mass is 768 g/mol. The third-order valence-corrected chi connectivity index (χ3v) is 12.6. The van der Waals surface area contributed by atoms with Crippen LogP contribution in [-0.4, -0.2) is 0 Å². The van der Waals surface area contributed by atoms with E-state index < -0.39 is 0 Å². The normalized spacial score (nSPS) is 12.5. The summed E-state index contributed by atoms with van der Waals surface area (Å²) < 4.78 is 0. The second kappa shape index (κ2) is 15.1. The van der Waals surface area contributed by atoms with Gasteiger partial charge in [0.1, 0.15) is 0 Å². The summed E-state index contributed by atoms with van der Waals surface area (Å²) in [7, 11) is 0. The van der Waals surface area contributed by atoms with Crippen LogP contribution in [0.4, 0.5) is 17.1 Å². The van der Waals surface area contributed by atoms with E-state index in [1.54, 1.807) is 0 Å². The fourth-order valence-electron chi connectivity index (χ4n) is 9.10. The minimum atomic E-state index is 0.829. The van der Waals surface area contributed by atoms with Gasteiger partial charge in [0.05, 0.1) is 0 Å². The molecule has 2 aliphatic carbocycles. The molecule has 0 atom stereocenters. The van der Waals surface area contributed by atoms with E-state index in [0.29, 0.717) is 0 Å². The van der Waals surface area contributed by atoms with Crippen molar-refractivity contribution in [2.24, 2.45) is 0 Å². The maximum Gasteiger partial charge on any atom is 0.0390 e. The highest BCUT2D eigenvalue weighted by atomic mass is 14.9. The van der Waals surface area contributed by atoms with Crippen molar-refractivity contribution in [3.63, 3.8) is 0 Å². The maximum atomic E-state index is 5.78. The number of rotatable bonds is 6. The van der Waals surface area contributed by atoms with Crippen molar-refractivity contribution in [1.82, 2.24) is 0 Å². The minimum Gasteiger partial charge on any atom is -0.399 e. The molecule has 10 aromatic rings. The van der Waals surface area contributed by atoms with Gasteiger partial charge in [-0.05, 0) is 173 Å². The average Bonchev–Trinajstić information content (AvgIpc) is 3.28. The molecule has 0 saturated heterocycles. The van der Waals surface area contributed by atoms with Crippen LogP contribution in [0.15, 0.2) is 200 Å². The van der Waals surface area contributed by atoms with Crippen molar-refractivity contribution in [1.29, 1.82) is 0 Å². The van der Waals surface area contributed by atoms with Crippen molar-refractivity contribution >= 4 is 49.4 Å². The van der Waals surface area contributed by atoms with E-state index in [1.807, 2.05) is 18.2 Å². The Labute approximate surface area is 351 Å². The highest BCUT2D eigenvalue weighted by molar-refractivity contribution is 6.26. The fraction of sp³-hybridized carbons (Fsp3) is 0.0690. The van der Waals surface area contributed by atoms with E-state index in [-0.39, 0.29) is 0 Å². The Morgan fingerprint density at radius 1 is 0.267 bits per heavy atom. The first-order valence-corrected chi connectivity index (χ1v) is 21.1. The molecule has 10 aromatic carbocycles. The summed E-state index contributed by atoms with van der Waals surface area (Å²) in [6.07, 6.45) is 4.89. The summed E-state index contributed by atoms with van der Waals surface area (Å²) in [6.45, 7) is 0. The van der Waals surface area contributed by atoms with Gasteiger partial charge in [-0.3, -0.25) is 0 Å². The van der Waals surface area contributed by atoms with Crippen LogP contribution in [0.25, 0.3) is 76.8 Å². The van der Waals surface area contributed by atoms with Crippen LogP contribution < -0.4 is 11.1 Å². The van der Waals surface area contributed by atoms with Gasteiger partial charge < -0.3 is 11.1 Å². The molecule has 0 aliphatic heterocycles. The van der Waals surface area contributed by atoms with Crippen LogP contribution in [0, 0.1) is 0 Å². The second-order valence-electron chi connectivity index (χ2n) is 16.3. The first kappa shape index (κ1) is 35.7. The van der Waals surface area contributed by atoms with Crippen molar-refractivity contribution in [2.45, 2.75) is 25.7 Å². The molecule has 12 rings (SSSR count). The number of anilines is 3. The Morgan fingerprint density at radius 3 is 1.25 bits per heavy atom. The summed E-state index contributed by atoms with van der Waals surface area (Å²) in [5.74, 6) is 0. The van der Waals surface area contributed by atoms with E-state index in [9.17, 15) is 0 Å². The molecule has 286 valence electrons. The fourth-order valence-corrected chi connectivity index (χ4v) is 9.10. The van der Waals surface area contributed by atoms with Crippen molar-refractivity contribution < 1.29 is 0 Å². The van der Waals surface area contributed by atoms with E-state index >= 15 is 0 Å². The number of aryl methyl sites for hydroxylation is 4. The SMILES string of the molecule is Nc1cccc(-c2ccc3c(c2)CC3)c1.c1ccc(-c2ccc3c4ccc(-c5ccc(Nc6cccc(-c7ccc8c(c7)CC8)c6)cc5)cc4c4ccccc4c3c2)cc1. The third kappa shape index (κ3) is 6.76. The van der Waals surface area contributed by atoms with Gasteiger partial charge in [-0.2, -0.15) is 0 Å². The number of hydrogen-bond acceptors (Lipinski definition) is 2. The van der Waals surface area contributed by atoms with Crippen molar-refractivity contribution in [3.8, 4) is 44.5 Å². The van der Waals surface area contributed by atoms with Gasteiger partial charge in [0, 0.05) is 17.1 Å². The lowest BCUT2D eigenvalue weighted by atomic mass is 9.86. The molecule has 2 aliphatic rings. The lowest BCUT2D eigenvalue weighted by Crippen LogP contribution is -2.07. The lowest BCUT2D eigenvalue weighted by molar-refractivity contribution is 0.840. The Balaban J connectivity index is 0.000000228. The van der Waals surface area contributed by atoms with E-state index in [1.165, 1.54) is 125 Å². The highest BCUT2D eigenvalue weighted by Crippen LogP contribution is 2.39. The summed E-state index contributed by atoms with van der Waals surface area (Å²) in [5, 5.41) is 11.4. The Kier molecular flexibility index (Phi) is 8.97. The minimum absolute atomic E-state index is 0.829. The van der Waals surface area contributed by atoms with Crippen LogP contribution >= 0.6 is 0 Å². The van der Waals surface area contributed by atoms with Gasteiger partial charge in [-0.1, -0.05) is 152 Å². The first-order chi connectivity index (χ1) is 29.6. The topological polar surface area (TPSA) is 38.0 Å². The molecule has 0 saturated carbocycles. The summed E-state index contributed by atoms with van der Waals surface area (Å²) in [6, 6.07) is 72.5. The summed E-state index contributed by atoms with van der Waals surface area (Å²) in [5.41, 5.74) is 24.7. The molecule has 0 spiro atoms. The molecule has 0 heterocycles. The molecule has 2 heteroatoms. The number of nitrogens with two attached hydrogens (primary N) is 1. The van der Waals surface area contributed by atoms with Crippen LogP contribution in [0.5, 0.6) is 0 Å². The molecule has 3 N–H and O–H groups in total. The van der Waals surface area contributed by atoms with Crippen molar-refractivity contribution in [2.75, 3.05) is 11.1 Å². The van der Waals surface area contributed by atoms with Gasteiger partial charge in [0.2, 0.25) is 0 Å². The summed E-state index contributed by atoms with van der Waals surface area (Å²) >= 11 is 0. The van der Waals surface area contributed by atoms with Crippen LogP contribution in [0.2, 0.25) is 0 Å². The average molecular weight is 769 g/mol. The molecule has 0 bridgehead atoms. The Bertz CT molecular complexity index is 3210. The smallest absolute Gasteiger partial charge is 0.0390 e. The Hall–Kier alpha value is -7.42. The Morgan fingerprint density at radius 2 is 0.700 bits per heavy atom. The van der Waals surface area contributed by atoms with Crippen LogP contribution in [-0.2, 0) is 25.7 Å². The standard InChI is InChI=1S/C44H31N.C14H13N/c1-2-7-29(8-3-1)35-19-23-41-42-24-20-36(28-44(42)40-12-5-4-11-39(40)43(41)27-35)31-17-21-37(22-18-31)45-38-10-6-9-32(26-38)34-16-14-30-13-15-33(30)25-34;15-14-3-1-2-11(9-14)13-7-5-10-4-6-12(10)8-13/h1-12,14,16-28,45H,13,15H2;1-3,5,7-9H,4,6,15H2. The highest BCUT2D eigenvalue weighted by Gasteiger charge is 2.15. The number of benzene rings is 10. The summed E-state index contributed by atoms with van der Waals surface area (Å²) in [4.78, 5) is 0. The number of hydrogen-bond donors (Lipinski definition) is 2. The molecule has 0 fully saturated rings. The van der Waals surface area contributed by atoms with Gasteiger partial charge in [-0.25, -0.2) is 0 Å². The van der Waals surface area contributed by atoms with E-state index in [2.05, 4.69) is 187 Å².